The van der Waals surface area contributed by atoms with Gasteiger partial charge < -0.3 is 0 Å². The lowest BCUT2D eigenvalue weighted by Crippen LogP contribution is -1.68. The quantitative estimate of drug-likeness (QED) is 0.443. The van der Waals surface area contributed by atoms with E-state index in [1.165, 1.54) is 26.0 Å². The number of halogens is 1. The van der Waals surface area contributed by atoms with Crippen molar-refractivity contribution in [3.8, 4) is 0 Å². The summed E-state index contributed by atoms with van der Waals surface area (Å²) in [4.78, 5) is 4.63. The molecule has 2 heterocycles. The highest BCUT2D eigenvalue weighted by molar-refractivity contribution is 7.69. The molecule has 0 N–H and O–H groups in total. The Bertz CT molecular complexity index is 819. The smallest absolute Gasteiger partial charge is 0.0957 e. The molecule has 84 valence electrons. The first-order chi connectivity index (χ1) is 7.92. The summed E-state index contributed by atoms with van der Waals surface area (Å²) < 4.78 is 5.61. The van der Waals surface area contributed by atoms with Gasteiger partial charge in [-0.05, 0) is 18.2 Å². The summed E-state index contributed by atoms with van der Waals surface area (Å²) in [5.41, 5.74) is 3.23. The Kier molecular flexibility index (Phi) is 2.50. The van der Waals surface area contributed by atoms with Crippen LogP contribution in [-0.4, -0.2) is 9.36 Å². The molecule has 2 aromatic carbocycles. The molecule has 0 bridgehead atoms. The van der Waals surface area contributed by atoms with E-state index in [9.17, 15) is 0 Å². The van der Waals surface area contributed by atoms with Crippen LogP contribution in [0.2, 0.25) is 0 Å². The van der Waals surface area contributed by atoms with Crippen LogP contribution < -0.4 is 0 Å². The standard InChI is InChI=1S/C12H6N2S2.ClH/c1-2-4-9-7(3-1)8-5-11-12(15-16-14-11)6-10(8)13-9;/h1-6H;1H. The Morgan fingerprint density at radius 3 is 2.71 bits per heavy atom. The van der Waals surface area contributed by atoms with Crippen LogP contribution in [0.5, 0.6) is 0 Å². The molecule has 0 radical (unpaired) electrons. The van der Waals surface area contributed by atoms with Crippen molar-refractivity contribution < 1.29 is 0 Å². The third-order valence-electron chi connectivity index (χ3n) is 2.78. The van der Waals surface area contributed by atoms with Crippen LogP contribution in [-0.2, 0) is 0 Å². The summed E-state index contributed by atoms with van der Waals surface area (Å²) in [7, 11) is 3.24. The monoisotopic (exact) mass is 278 g/mol. The van der Waals surface area contributed by atoms with Crippen molar-refractivity contribution in [2.24, 2.45) is 0 Å². The van der Waals surface area contributed by atoms with Crippen LogP contribution in [0.1, 0.15) is 0 Å². The molecular weight excluding hydrogens is 272 g/mol. The van der Waals surface area contributed by atoms with Gasteiger partial charge in [-0.3, -0.25) is 0 Å². The van der Waals surface area contributed by atoms with Crippen LogP contribution >= 0.6 is 33.3 Å². The van der Waals surface area contributed by atoms with Gasteiger partial charge >= 0.3 is 0 Å². The lowest BCUT2D eigenvalue weighted by molar-refractivity contribution is 1.55. The number of hydrogen-bond donors (Lipinski definition) is 0. The zero-order valence-electron chi connectivity index (χ0n) is 8.58. The van der Waals surface area contributed by atoms with E-state index >= 15 is 0 Å². The second-order valence-corrected chi connectivity index (χ2v) is 5.60. The minimum atomic E-state index is 0. The number of benzene rings is 2. The molecule has 0 amide bonds. The zero-order chi connectivity index (χ0) is 10.5. The van der Waals surface area contributed by atoms with Crippen molar-refractivity contribution in [1.82, 2.24) is 9.36 Å². The highest BCUT2D eigenvalue weighted by atomic mass is 35.5. The van der Waals surface area contributed by atoms with Crippen LogP contribution in [0, 0.1) is 0 Å². The predicted octanol–water partition coefficient (Wildman–Crippen LogP) is 4.48. The molecule has 0 fully saturated rings. The van der Waals surface area contributed by atoms with Crippen molar-refractivity contribution in [1.29, 1.82) is 0 Å². The lowest BCUT2D eigenvalue weighted by atomic mass is 10.1. The van der Waals surface area contributed by atoms with E-state index < -0.39 is 0 Å². The molecule has 17 heavy (non-hydrogen) atoms. The summed E-state index contributed by atoms with van der Waals surface area (Å²) in [6.45, 7) is 0. The van der Waals surface area contributed by atoms with Crippen LogP contribution in [0.4, 0.5) is 0 Å². The van der Waals surface area contributed by atoms with E-state index in [0.717, 1.165) is 16.6 Å². The van der Waals surface area contributed by atoms with Crippen molar-refractivity contribution in [2.75, 3.05) is 0 Å². The molecule has 0 spiro atoms. The molecule has 4 aromatic rings. The summed E-state index contributed by atoms with van der Waals surface area (Å²) in [5, 5.41) is 2.43. The largest absolute Gasteiger partial charge is 0.248 e. The Hall–Kier alpha value is -1.23. The maximum atomic E-state index is 4.63. The number of para-hydroxylation sites is 1. The second kappa shape index (κ2) is 3.91. The third-order valence-corrected chi connectivity index (χ3v) is 4.61. The van der Waals surface area contributed by atoms with Gasteiger partial charge in [0.1, 0.15) is 0 Å². The molecule has 4 rings (SSSR count). The SMILES string of the molecule is Cl.c1ccc2c(c1)nc1cc3ssnc3cc12. The lowest BCUT2D eigenvalue weighted by Gasteiger charge is -1.89. The first kappa shape index (κ1) is 10.9. The van der Waals surface area contributed by atoms with Gasteiger partial charge in [-0.2, -0.15) is 4.37 Å². The van der Waals surface area contributed by atoms with Gasteiger partial charge in [-0.1, -0.05) is 28.5 Å². The van der Waals surface area contributed by atoms with E-state index in [0.29, 0.717) is 0 Å². The van der Waals surface area contributed by atoms with Gasteiger partial charge in [-0.15, -0.1) is 12.4 Å². The molecule has 0 saturated carbocycles. The second-order valence-electron chi connectivity index (χ2n) is 3.72. The molecule has 0 saturated heterocycles. The Morgan fingerprint density at radius 2 is 1.76 bits per heavy atom. The van der Waals surface area contributed by atoms with Crippen LogP contribution in [0.25, 0.3) is 32.0 Å². The van der Waals surface area contributed by atoms with E-state index in [1.807, 2.05) is 6.07 Å². The predicted molar refractivity (Wildman–Crippen MR) is 77.6 cm³/mol. The number of hydrogen-bond acceptors (Lipinski definition) is 4. The molecule has 0 aliphatic carbocycles. The van der Waals surface area contributed by atoms with Crippen molar-refractivity contribution >= 4 is 65.3 Å². The first-order valence-corrected chi connectivity index (χ1v) is 7.06. The minimum Gasteiger partial charge on any atom is -0.248 e. The number of fused-ring (bicyclic) bond motifs is 4. The molecule has 5 heteroatoms. The average Bonchev–Trinajstić information content (AvgIpc) is 2.88. The average molecular weight is 279 g/mol. The van der Waals surface area contributed by atoms with Gasteiger partial charge in [0, 0.05) is 21.3 Å². The molecule has 0 aliphatic heterocycles. The van der Waals surface area contributed by atoms with E-state index in [2.05, 4.69) is 39.7 Å². The molecule has 2 aromatic heterocycles. The molecule has 2 nitrogen and oxygen atoms in total. The fraction of sp³-hybridized carbons (Fsp3) is 0. The van der Waals surface area contributed by atoms with Crippen LogP contribution in [0.15, 0.2) is 36.4 Å². The molecular formula is C12H7ClN2S2. The van der Waals surface area contributed by atoms with Crippen molar-refractivity contribution in [3.63, 3.8) is 0 Å². The summed E-state index contributed by atoms with van der Waals surface area (Å²) in [6.07, 6.45) is 0. The third kappa shape index (κ3) is 1.52. The first-order valence-electron chi connectivity index (χ1n) is 4.96. The summed E-state index contributed by atoms with van der Waals surface area (Å²) in [5.74, 6) is 0. The Morgan fingerprint density at radius 1 is 0.882 bits per heavy atom. The fourth-order valence-electron chi connectivity index (χ4n) is 2.03. The van der Waals surface area contributed by atoms with Crippen molar-refractivity contribution in [2.45, 2.75) is 0 Å². The van der Waals surface area contributed by atoms with Crippen LogP contribution in [0.3, 0.4) is 0 Å². The topological polar surface area (TPSA) is 25.8 Å². The Balaban J connectivity index is 0.000000902. The maximum Gasteiger partial charge on any atom is 0.0957 e. The molecule has 0 atom stereocenters. The van der Waals surface area contributed by atoms with Gasteiger partial charge in [0.25, 0.3) is 0 Å². The molecule has 0 aliphatic rings. The number of rotatable bonds is 0. The van der Waals surface area contributed by atoms with Crippen molar-refractivity contribution in [3.05, 3.63) is 36.4 Å². The zero-order valence-corrected chi connectivity index (χ0v) is 11.0. The van der Waals surface area contributed by atoms with E-state index in [-0.39, 0.29) is 12.4 Å². The normalized spacial score (nSPS) is 11.1. The van der Waals surface area contributed by atoms with E-state index in [4.69, 9.17) is 0 Å². The number of nitrogens with zero attached hydrogens (tertiary/aromatic N) is 2. The fourth-order valence-corrected chi connectivity index (χ4v) is 3.78. The van der Waals surface area contributed by atoms with Gasteiger partial charge in [-0.25, -0.2) is 4.98 Å². The van der Waals surface area contributed by atoms with Gasteiger partial charge in [0.05, 0.1) is 21.3 Å². The minimum absolute atomic E-state index is 0. The molecule has 0 unspecified atom stereocenters. The summed E-state index contributed by atoms with van der Waals surface area (Å²) in [6, 6.07) is 12.5. The maximum absolute atomic E-state index is 4.63. The number of aromatic nitrogens is 2. The highest BCUT2D eigenvalue weighted by Gasteiger charge is 2.07. The van der Waals surface area contributed by atoms with E-state index in [1.54, 1.807) is 10.3 Å². The van der Waals surface area contributed by atoms with Gasteiger partial charge in [0.2, 0.25) is 0 Å². The Labute approximate surface area is 111 Å². The van der Waals surface area contributed by atoms with Gasteiger partial charge in [0.15, 0.2) is 0 Å². The summed E-state index contributed by atoms with van der Waals surface area (Å²) >= 11 is 0. The highest BCUT2D eigenvalue weighted by Crippen LogP contribution is 2.31.